The van der Waals surface area contributed by atoms with Gasteiger partial charge < -0.3 is 14.1 Å². The highest BCUT2D eigenvalue weighted by atomic mass is 79.9. The number of ether oxygens (including phenoxy) is 1. The Morgan fingerprint density at radius 2 is 1.83 bits per heavy atom. The van der Waals surface area contributed by atoms with Crippen LogP contribution in [0.4, 0.5) is 0 Å². The van der Waals surface area contributed by atoms with Crippen LogP contribution in [-0.4, -0.2) is 30.1 Å². The molecule has 2 aliphatic heterocycles. The summed E-state index contributed by atoms with van der Waals surface area (Å²) in [5.74, 6) is -0.0904. The van der Waals surface area contributed by atoms with Crippen LogP contribution in [0.15, 0.2) is 50.1 Å². The standard InChI is InChI=1S/C24H22BrNO4/c1-13-10-18-19(11-14(13)2)30-23-20(22(18)27)21(15-5-7-16(25)8-6-15)26(24(23)28)12-17-4-3-9-29-17/h5-8,10-11,17,21H,3-4,9,12H2,1-2H3/t17-,21+/m1/s1. The van der Waals surface area contributed by atoms with Gasteiger partial charge in [0.05, 0.1) is 23.1 Å². The van der Waals surface area contributed by atoms with Crippen LogP contribution in [-0.2, 0) is 4.74 Å². The van der Waals surface area contributed by atoms with Gasteiger partial charge in [0.15, 0.2) is 5.43 Å². The third-order valence-corrected chi connectivity index (χ3v) is 6.72. The molecule has 2 aromatic carbocycles. The van der Waals surface area contributed by atoms with Crippen molar-refractivity contribution in [2.24, 2.45) is 0 Å². The molecule has 6 heteroatoms. The van der Waals surface area contributed by atoms with E-state index in [1.165, 1.54) is 0 Å². The highest BCUT2D eigenvalue weighted by Crippen LogP contribution is 2.39. The maximum atomic E-state index is 13.6. The van der Waals surface area contributed by atoms with Crippen LogP contribution in [0, 0.1) is 13.8 Å². The normalized spacial score (nSPS) is 20.9. The van der Waals surface area contributed by atoms with E-state index >= 15 is 0 Å². The van der Waals surface area contributed by atoms with Crippen LogP contribution in [0.3, 0.4) is 0 Å². The Hall–Kier alpha value is -2.44. The molecule has 0 aliphatic carbocycles. The Kier molecular flexibility index (Phi) is 4.79. The van der Waals surface area contributed by atoms with Crippen molar-refractivity contribution in [3.8, 4) is 0 Å². The second kappa shape index (κ2) is 7.36. The molecule has 3 heterocycles. The third-order valence-electron chi connectivity index (χ3n) is 6.19. The van der Waals surface area contributed by atoms with Gasteiger partial charge in [0.2, 0.25) is 5.76 Å². The van der Waals surface area contributed by atoms with Gasteiger partial charge in [0.25, 0.3) is 5.91 Å². The molecule has 0 spiro atoms. The van der Waals surface area contributed by atoms with E-state index in [9.17, 15) is 9.59 Å². The highest BCUT2D eigenvalue weighted by Gasteiger charge is 2.43. The first-order valence-electron chi connectivity index (χ1n) is 10.2. The van der Waals surface area contributed by atoms with Crippen LogP contribution in [0.5, 0.6) is 0 Å². The summed E-state index contributed by atoms with van der Waals surface area (Å²) in [6, 6.07) is 11.0. The molecular formula is C24H22BrNO4. The highest BCUT2D eigenvalue weighted by molar-refractivity contribution is 9.10. The number of hydrogen-bond acceptors (Lipinski definition) is 4. The molecule has 2 atom stereocenters. The summed E-state index contributed by atoms with van der Waals surface area (Å²) < 4.78 is 12.8. The van der Waals surface area contributed by atoms with Crippen LogP contribution < -0.4 is 5.43 Å². The minimum atomic E-state index is -0.480. The number of aryl methyl sites for hydroxylation is 2. The summed E-state index contributed by atoms with van der Waals surface area (Å²) in [6.07, 6.45) is 1.88. The molecule has 1 fully saturated rings. The predicted molar refractivity (Wildman–Crippen MR) is 118 cm³/mol. The van der Waals surface area contributed by atoms with Gasteiger partial charge in [-0.3, -0.25) is 9.59 Å². The van der Waals surface area contributed by atoms with Crippen molar-refractivity contribution in [3.63, 3.8) is 0 Å². The molecular weight excluding hydrogens is 446 g/mol. The lowest BCUT2D eigenvalue weighted by molar-refractivity contribution is 0.0486. The molecule has 0 N–H and O–H groups in total. The lowest BCUT2D eigenvalue weighted by Gasteiger charge is -2.27. The van der Waals surface area contributed by atoms with E-state index in [1.54, 1.807) is 4.90 Å². The monoisotopic (exact) mass is 467 g/mol. The lowest BCUT2D eigenvalue weighted by atomic mass is 9.97. The summed E-state index contributed by atoms with van der Waals surface area (Å²) in [6.45, 7) is 5.10. The van der Waals surface area contributed by atoms with Crippen molar-refractivity contribution in [1.82, 2.24) is 4.90 Å². The fourth-order valence-electron chi connectivity index (χ4n) is 4.46. The summed E-state index contributed by atoms with van der Waals surface area (Å²) in [7, 11) is 0. The number of amides is 1. The zero-order chi connectivity index (χ0) is 21.0. The van der Waals surface area contributed by atoms with Gasteiger partial charge >= 0.3 is 0 Å². The molecule has 30 heavy (non-hydrogen) atoms. The Bertz CT molecular complexity index is 1210. The molecule has 2 aliphatic rings. The van der Waals surface area contributed by atoms with Crippen LogP contribution in [0.1, 0.15) is 51.7 Å². The molecule has 0 radical (unpaired) electrons. The van der Waals surface area contributed by atoms with Gasteiger partial charge in [0, 0.05) is 17.6 Å². The van der Waals surface area contributed by atoms with E-state index in [0.717, 1.165) is 34.0 Å². The summed E-state index contributed by atoms with van der Waals surface area (Å²) >= 11 is 3.46. The Morgan fingerprint density at radius 3 is 2.53 bits per heavy atom. The number of fused-ring (bicyclic) bond motifs is 2. The average molecular weight is 468 g/mol. The summed E-state index contributed by atoms with van der Waals surface area (Å²) in [4.78, 5) is 28.7. The predicted octanol–water partition coefficient (Wildman–Crippen LogP) is 4.90. The van der Waals surface area contributed by atoms with Crippen molar-refractivity contribution in [3.05, 3.63) is 79.1 Å². The van der Waals surface area contributed by atoms with Gasteiger partial charge in [-0.1, -0.05) is 28.1 Å². The Balaban J connectivity index is 1.72. The molecule has 154 valence electrons. The van der Waals surface area contributed by atoms with Gasteiger partial charge in [-0.25, -0.2) is 0 Å². The SMILES string of the molecule is Cc1cc2oc3c(c(=O)c2cc1C)[C@H](c1ccc(Br)cc1)N(C[C@H]1CCCO1)C3=O. The second-order valence-electron chi connectivity index (χ2n) is 8.15. The Labute approximate surface area is 182 Å². The van der Waals surface area contributed by atoms with Crippen molar-refractivity contribution in [2.75, 3.05) is 13.2 Å². The van der Waals surface area contributed by atoms with Crippen LogP contribution >= 0.6 is 15.9 Å². The maximum Gasteiger partial charge on any atom is 0.291 e. The third kappa shape index (κ3) is 3.10. The molecule has 1 amide bonds. The fraction of sp³-hybridized carbons (Fsp3) is 0.333. The molecule has 5 nitrogen and oxygen atoms in total. The summed E-state index contributed by atoms with van der Waals surface area (Å²) in [5, 5.41) is 0.519. The van der Waals surface area contributed by atoms with Crippen molar-refractivity contribution in [2.45, 2.75) is 38.8 Å². The zero-order valence-corrected chi connectivity index (χ0v) is 18.5. The number of nitrogens with zero attached hydrogens (tertiary/aromatic N) is 1. The average Bonchev–Trinajstić information content (AvgIpc) is 3.33. The zero-order valence-electron chi connectivity index (χ0n) is 16.9. The van der Waals surface area contributed by atoms with E-state index in [1.807, 2.05) is 50.2 Å². The van der Waals surface area contributed by atoms with Gasteiger partial charge in [-0.15, -0.1) is 0 Å². The van der Waals surface area contributed by atoms with Crippen LogP contribution in [0.2, 0.25) is 0 Å². The summed E-state index contributed by atoms with van der Waals surface area (Å²) in [5.41, 5.74) is 3.69. The molecule has 1 aromatic heterocycles. The molecule has 0 unspecified atom stereocenters. The Morgan fingerprint density at radius 1 is 1.10 bits per heavy atom. The topological polar surface area (TPSA) is 59.8 Å². The maximum absolute atomic E-state index is 13.6. The van der Waals surface area contributed by atoms with Gasteiger partial charge in [0.1, 0.15) is 5.58 Å². The van der Waals surface area contributed by atoms with Crippen molar-refractivity contribution < 1.29 is 13.9 Å². The quantitative estimate of drug-likeness (QED) is 0.549. The number of rotatable bonds is 3. The van der Waals surface area contributed by atoms with Gasteiger partial charge in [-0.05, 0) is 67.6 Å². The first-order chi connectivity index (χ1) is 14.4. The van der Waals surface area contributed by atoms with Crippen molar-refractivity contribution in [1.29, 1.82) is 0 Å². The van der Waals surface area contributed by atoms with E-state index in [4.69, 9.17) is 9.15 Å². The number of hydrogen-bond donors (Lipinski definition) is 0. The first-order valence-corrected chi connectivity index (χ1v) is 11.0. The van der Waals surface area contributed by atoms with E-state index in [0.29, 0.717) is 29.7 Å². The van der Waals surface area contributed by atoms with Gasteiger partial charge in [-0.2, -0.15) is 0 Å². The molecule has 0 bridgehead atoms. The molecule has 0 saturated carbocycles. The number of halogens is 1. The van der Waals surface area contributed by atoms with Crippen molar-refractivity contribution >= 4 is 32.8 Å². The molecule has 5 rings (SSSR count). The van der Waals surface area contributed by atoms with E-state index in [-0.39, 0.29) is 23.2 Å². The van der Waals surface area contributed by atoms with Crippen LogP contribution in [0.25, 0.3) is 11.0 Å². The minimum absolute atomic E-state index is 0.0183. The molecule has 3 aromatic rings. The second-order valence-corrected chi connectivity index (χ2v) is 9.07. The number of carbonyl (C=O) groups is 1. The smallest absolute Gasteiger partial charge is 0.291 e. The first kappa shape index (κ1) is 19.5. The largest absolute Gasteiger partial charge is 0.450 e. The number of carbonyl (C=O) groups excluding carboxylic acids is 1. The fourth-order valence-corrected chi connectivity index (χ4v) is 4.73. The lowest BCUT2D eigenvalue weighted by Crippen LogP contribution is -2.36. The minimum Gasteiger partial charge on any atom is -0.450 e. The van der Waals surface area contributed by atoms with E-state index in [2.05, 4.69) is 15.9 Å². The molecule has 1 saturated heterocycles. The van der Waals surface area contributed by atoms with E-state index < -0.39 is 6.04 Å². The number of benzene rings is 2.